The average molecular weight is 439 g/mol. The van der Waals surface area contributed by atoms with Crippen molar-refractivity contribution in [2.24, 2.45) is 5.92 Å². The number of anilines is 1. The third kappa shape index (κ3) is 4.88. The van der Waals surface area contributed by atoms with Crippen LogP contribution in [0.2, 0.25) is 0 Å². The number of carbonyl (C=O) groups excluding carboxylic acids is 3. The Morgan fingerprint density at radius 3 is 2.41 bits per heavy atom. The van der Waals surface area contributed by atoms with Gasteiger partial charge in [0.2, 0.25) is 0 Å². The van der Waals surface area contributed by atoms with E-state index < -0.39 is 0 Å². The summed E-state index contributed by atoms with van der Waals surface area (Å²) in [6.45, 7) is 8.61. The molecule has 0 aromatic heterocycles. The molecule has 1 atom stereocenters. The third-order valence-corrected chi connectivity index (χ3v) is 7.04. The Labute approximate surface area is 190 Å². The Balaban J connectivity index is 1.32. The van der Waals surface area contributed by atoms with Gasteiger partial charge in [-0.3, -0.25) is 19.3 Å². The van der Waals surface area contributed by atoms with Crippen LogP contribution in [-0.4, -0.2) is 66.3 Å². The van der Waals surface area contributed by atoms with Crippen LogP contribution in [0.25, 0.3) is 0 Å². The maximum Gasteiger partial charge on any atom is 0.281 e. The first-order valence-electron chi connectivity index (χ1n) is 11.9. The minimum Gasteiger partial charge on any atom is -0.367 e. The molecule has 3 heterocycles. The first kappa shape index (κ1) is 22.5. The number of likely N-dealkylation sites (tertiary alicyclic amines) is 2. The van der Waals surface area contributed by atoms with Crippen molar-refractivity contribution >= 4 is 23.4 Å². The highest BCUT2D eigenvalue weighted by atomic mass is 16.2. The van der Waals surface area contributed by atoms with Crippen LogP contribution in [0.3, 0.4) is 0 Å². The highest BCUT2D eigenvalue weighted by molar-refractivity contribution is 6.30. The van der Waals surface area contributed by atoms with E-state index in [1.807, 2.05) is 4.90 Å². The van der Waals surface area contributed by atoms with E-state index in [1.54, 1.807) is 24.3 Å². The molecule has 0 unspecified atom stereocenters. The Bertz CT molecular complexity index is 887. The molecule has 2 saturated heterocycles. The van der Waals surface area contributed by atoms with E-state index in [1.165, 1.54) is 30.2 Å². The van der Waals surface area contributed by atoms with Gasteiger partial charge in [0.05, 0.1) is 5.69 Å². The number of nitrogens with zero attached hydrogens (tertiary/aromatic N) is 3. The second-order valence-corrected chi connectivity index (χ2v) is 9.36. The van der Waals surface area contributed by atoms with Crippen molar-refractivity contribution in [1.82, 2.24) is 15.1 Å². The molecular formula is C25H34N4O3. The van der Waals surface area contributed by atoms with Gasteiger partial charge in [0.25, 0.3) is 17.7 Å². The topological polar surface area (TPSA) is 73.0 Å². The fraction of sp³-hybridized carbons (Fsp3) is 0.560. The van der Waals surface area contributed by atoms with Gasteiger partial charge in [-0.15, -0.1) is 0 Å². The van der Waals surface area contributed by atoms with Crippen LogP contribution in [0.1, 0.15) is 56.3 Å². The molecule has 2 fully saturated rings. The van der Waals surface area contributed by atoms with Crippen LogP contribution in [0, 0.1) is 5.92 Å². The lowest BCUT2D eigenvalue weighted by Gasteiger charge is -2.33. The standard InChI is InChI=1S/C25H34N4O3/c1-18-10-14-28(15-11-18)22-17-23(30)29(25(22)32)21-8-6-20(7-9-21)24(31)26-12-16-27-13-4-3-5-19(27)2/h6-9,17-19H,3-5,10-16H2,1-2H3,(H,26,31)/t19-/m1/s1. The number of nitrogens with one attached hydrogen (secondary N) is 1. The predicted molar refractivity (Wildman–Crippen MR) is 124 cm³/mol. The van der Waals surface area contributed by atoms with Gasteiger partial charge >= 0.3 is 0 Å². The van der Waals surface area contributed by atoms with E-state index in [2.05, 4.69) is 24.1 Å². The van der Waals surface area contributed by atoms with Crippen LogP contribution >= 0.6 is 0 Å². The van der Waals surface area contributed by atoms with Gasteiger partial charge in [0, 0.05) is 43.9 Å². The normalized spacial score (nSPS) is 22.9. The van der Waals surface area contributed by atoms with Crippen molar-refractivity contribution < 1.29 is 14.4 Å². The number of hydrogen-bond acceptors (Lipinski definition) is 5. The van der Waals surface area contributed by atoms with Gasteiger partial charge in [0.1, 0.15) is 5.70 Å². The second kappa shape index (κ2) is 9.86. The molecule has 0 saturated carbocycles. The summed E-state index contributed by atoms with van der Waals surface area (Å²) >= 11 is 0. The van der Waals surface area contributed by atoms with Crippen molar-refractivity contribution in [1.29, 1.82) is 0 Å². The number of hydrogen-bond donors (Lipinski definition) is 1. The van der Waals surface area contributed by atoms with Gasteiger partial charge < -0.3 is 10.2 Å². The van der Waals surface area contributed by atoms with E-state index in [0.717, 1.165) is 39.0 Å². The molecule has 32 heavy (non-hydrogen) atoms. The minimum atomic E-state index is -0.323. The van der Waals surface area contributed by atoms with Crippen LogP contribution < -0.4 is 10.2 Å². The molecule has 7 nitrogen and oxygen atoms in total. The zero-order chi connectivity index (χ0) is 22.7. The smallest absolute Gasteiger partial charge is 0.281 e. The molecule has 3 aliphatic heterocycles. The van der Waals surface area contributed by atoms with Crippen molar-refractivity contribution in [3.05, 3.63) is 41.6 Å². The summed E-state index contributed by atoms with van der Waals surface area (Å²) in [4.78, 5) is 43.7. The maximum absolute atomic E-state index is 12.9. The van der Waals surface area contributed by atoms with Gasteiger partial charge in [0.15, 0.2) is 0 Å². The molecule has 0 spiro atoms. The summed E-state index contributed by atoms with van der Waals surface area (Å²) in [5, 5.41) is 2.98. The second-order valence-electron chi connectivity index (χ2n) is 9.36. The van der Waals surface area contributed by atoms with Crippen molar-refractivity contribution in [2.45, 2.75) is 52.0 Å². The Hall–Kier alpha value is -2.67. The largest absolute Gasteiger partial charge is 0.367 e. The molecule has 1 aromatic rings. The van der Waals surface area contributed by atoms with Gasteiger partial charge in [-0.2, -0.15) is 0 Å². The van der Waals surface area contributed by atoms with E-state index in [9.17, 15) is 14.4 Å². The number of amides is 3. The Kier molecular flexibility index (Phi) is 6.94. The molecule has 172 valence electrons. The molecular weight excluding hydrogens is 404 g/mol. The van der Waals surface area contributed by atoms with Crippen LogP contribution in [-0.2, 0) is 9.59 Å². The highest BCUT2D eigenvalue weighted by Gasteiger charge is 2.36. The predicted octanol–water partition coefficient (Wildman–Crippen LogP) is 2.78. The number of benzene rings is 1. The first-order valence-corrected chi connectivity index (χ1v) is 11.9. The van der Waals surface area contributed by atoms with Gasteiger partial charge in [-0.1, -0.05) is 13.3 Å². The molecule has 3 aliphatic rings. The lowest BCUT2D eigenvalue weighted by Crippen LogP contribution is -2.42. The van der Waals surface area contributed by atoms with Crippen molar-refractivity contribution in [3.8, 4) is 0 Å². The molecule has 7 heteroatoms. The summed E-state index contributed by atoms with van der Waals surface area (Å²) in [7, 11) is 0. The van der Waals surface area contributed by atoms with Crippen LogP contribution in [0.4, 0.5) is 5.69 Å². The summed E-state index contributed by atoms with van der Waals surface area (Å²) in [6.07, 6.45) is 7.23. The summed E-state index contributed by atoms with van der Waals surface area (Å²) in [6, 6.07) is 7.27. The van der Waals surface area contributed by atoms with E-state index in [4.69, 9.17) is 0 Å². The van der Waals surface area contributed by atoms with E-state index >= 15 is 0 Å². The number of piperidine rings is 2. The number of imide groups is 1. The quantitative estimate of drug-likeness (QED) is 0.692. The van der Waals surface area contributed by atoms with Gasteiger partial charge in [-0.05, 0) is 69.3 Å². The van der Waals surface area contributed by atoms with Gasteiger partial charge in [-0.25, -0.2) is 4.90 Å². The molecule has 0 radical (unpaired) electrons. The lowest BCUT2D eigenvalue weighted by atomic mass is 9.99. The molecule has 0 aliphatic carbocycles. The van der Waals surface area contributed by atoms with E-state index in [-0.39, 0.29) is 17.7 Å². The molecule has 4 rings (SSSR count). The molecule has 3 amide bonds. The maximum atomic E-state index is 12.9. The van der Waals surface area contributed by atoms with Crippen molar-refractivity contribution in [3.63, 3.8) is 0 Å². The Morgan fingerprint density at radius 1 is 1.00 bits per heavy atom. The van der Waals surface area contributed by atoms with Crippen LogP contribution in [0.15, 0.2) is 36.0 Å². The van der Waals surface area contributed by atoms with Crippen molar-refractivity contribution in [2.75, 3.05) is 37.6 Å². The zero-order valence-corrected chi connectivity index (χ0v) is 19.2. The molecule has 1 N–H and O–H groups in total. The van der Waals surface area contributed by atoms with E-state index in [0.29, 0.717) is 35.5 Å². The molecule has 0 bridgehead atoms. The summed E-state index contributed by atoms with van der Waals surface area (Å²) in [5.74, 6) is -0.0903. The first-order chi connectivity index (χ1) is 15.4. The Morgan fingerprint density at radius 2 is 1.72 bits per heavy atom. The lowest BCUT2D eigenvalue weighted by molar-refractivity contribution is -0.121. The fourth-order valence-electron chi connectivity index (χ4n) is 4.85. The SMILES string of the molecule is CC1CCN(C2=CC(=O)N(c3ccc(C(=O)NCCN4CCCC[C@H]4C)cc3)C2=O)CC1. The minimum absolute atomic E-state index is 0.137. The fourth-order valence-corrected chi connectivity index (χ4v) is 4.85. The molecule has 1 aromatic carbocycles. The average Bonchev–Trinajstić information content (AvgIpc) is 3.09. The highest BCUT2D eigenvalue weighted by Crippen LogP contribution is 2.28. The summed E-state index contributed by atoms with van der Waals surface area (Å²) in [5.41, 5.74) is 1.50. The monoisotopic (exact) mass is 438 g/mol. The zero-order valence-electron chi connectivity index (χ0n) is 19.2. The summed E-state index contributed by atoms with van der Waals surface area (Å²) < 4.78 is 0. The van der Waals surface area contributed by atoms with Crippen LogP contribution in [0.5, 0.6) is 0 Å². The number of rotatable bonds is 6. The third-order valence-electron chi connectivity index (χ3n) is 7.04. The number of carbonyl (C=O) groups is 3.